The van der Waals surface area contributed by atoms with Gasteiger partial charge in [0.2, 0.25) is 0 Å². The van der Waals surface area contributed by atoms with E-state index < -0.39 is 0 Å². The normalized spacial score (nSPS) is 50.0. The summed E-state index contributed by atoms with van der Waals surface area (Å²) in [6.07, 6.45) is 1.94. The number of hydrogen-bond donors (Lipinski definition) is 2. The second kappa shape index (κ2) is 2.46. The monoisotopic (exact) mass is 170 g/mol. The van der Waals surface area contributed by atoms with Crippen molar-refractivity contribution in [3.05, 3.63) is 0 Å². The molecule has 0 aromatic carbocycles. The number of aliphatic hydroxyl groups excluding tert-OH is 2. The third-order valence-corrected chi connectivity index (χ3v) is 4.24. The Balaban J connectivity index is 2.23. The molecule has 2 saturated carbocycles. The highest BCUT2D eigenvalue weighted by Crippen LogP contribution is 2.58. The Hall–Kier alpha value is -0.0800. The van der Waals surface area contributed by atoms with Gasteiger partial charge in [0.1, 0.15) is 0 Å². The summed E-state index contributed by atoms with van der Waals surface area (Å²) in [5.74, 6) is 1.43. The highest BCUT2D eigenvalue weighted by Gasteiger charge is 2.56. The average Bonchev–Trinajstić information content (AvgIpc) is 2.41. The molecule has 2 aliphatic carbocycles. The van der Waals surface area contributed by atoms with Gasteiger partial charge in [0.25, 0.3) is 0 Å². The lowest BCUT2D eigenvalue weighted by atomic mass is 9.68. The zero-order valence-electron chi connectivity index (χ0n) is 7.83. The lowest BCUT2D eigenvalue weighted by Gasteiger charge is -2.39. The quantitative estimate of drug-likeness (QED) is 0.617. The summed E-state index contributed by atoms with van der Waals surface area (Å²) >= 11 is 0. The fourth-order valence-corrected chi connectivity index (χ4v) is 3.45. The molecule has 0 amide bonds. The molecule has 2 bridgehead atoms. The molecular formula is C10H18O2. The maximum atomic E-state index is 9.69. The van der Waals surface area contributed by atoms with Crippen molar-refractivity contribution in [1.82, 2.24) is 0 Å². The van der Waals surface area contributed by atoms with E-state index in [1.807, 2.05) is 0 Å². The van der Waals surface area contributed by atoms with Gasteiger partial charge in [-0.15, -0.1) is 0 Å². The van der Waals surface area contributed by atoms with Crippen LogP contribution in [0, 0.1) is 23.2 Å². The molecule has 2 heteroatoms. The second-order valence-corrected chi connectivity index (χ2v) is 5.02. The molecule has 0 heterocycles. The van der Waals surface area contributed by atoms with Crippen LogP contribution in [0.3, 0.4) is 0 Å². The van der Waals surface area contributed by atoms with Gasteiger partial charge in [0.15, 0.2) is 0 Å². The van der Waals surface area contributed by atoms with Gasteiger partial charge in [0.05, 0.1) is 6.10 Å². The predicted molar refractivity (Wildman–Crippen MR) is 46.6 cm³/mol. The van der Waals surface area contributed by atoms with Crippen LogP contribution in [-0.2, 0) is 0 Å². The molecule has 2 fully saturated rings. The number of hydrogen-bond acceptors (Lipinski definition) is 2. The summed E-state index contributed by atoms with van der Waals surface area (Å²) in [4.78, 5) is 0. The van der Waals surface area contributed by atoms with Gasteiger partial charge >= 0.3 is 0 Å². The first-order valence-electron chi connectivity index (χ1n) is 4.86. The largest absolute Gasteiger partial charge is 0.396 e. The van der Waals surface area contributed by atoms with E-state index in [0.717, 1.165) is 12.8 Å². The van der Waals surface area contributed by atoms with E-state index in [1.165, 1.54) is 0 Å². The third kappa shape index (κ3) is 0.882. The number of aliphatic hydroxyl groups is 2. The van der Waals surface area contributed by atoms with Gasteiger partial charge in [0, 0.05) is 6.61 Å². The van der Waals surface area contributed by atoms with Crippen LogP contribution < -0.4 is 0 Å². The summed E-state index contributed by atoms with van der Waals surface area (Å²) in [6.45, 7) is 4.66. The summed E-state index contributed by atoms with van der Waals surface area (Å²) in [5, 5.41) is 18.9. The smallest absolute Gasteiger partial charge is 0.0576 e. The Morgan fingerprint density at radius 3 is 2.42 bits per heavy atom. The van der Waals surface area contributed by atoms with Gasteiger partial charge in [-0.1, -0.05) is 13.8 Å². The Morgan fingerprint density at radius 2 is 2.00 bits per heavy atom. The lowest BCUT2D eigenvalue weighted by molar-refractivity contribution is -0.0146. The maximum absolute atomic E-state index is 9.69. The van der Waals surface area contributed by atoms with E-state index in [1.54, 1.807) is 0 Å². The minimum Gasteiger partial charge on any atom is -0.396 e. The molecule has 70 valence electrons. The van der Waals surface area contributed by atoms with Crippen LogP contribution >= 0.6 is 0 Å². The van der Waals surface area contributed by atoms with Gasteiger partial charge in [-0.2, -0.15) is 0 Å². The van der Waals surface area contributed by atoms with E-state index >= 15 is 0 Å². The molecule has 2 N–H and O–H groups in total. The van der Waals surface area contributed by atoms with Crippen molar-refractivity contribution in [1.29, 1.82) is 0 Å². The summed E-state index contributed by atoms with van der Waals surface area (Å²) in [6, 6.07) is 0. The Bertz CT molecular complexity index is 184. The standard InChI is InChI=1S/C10H18O2/c1-10(2)7-3-6(4-9(7)12)8(10)5-11/h6-9,11-12H,3-5H2,1-2H3/t6-,7+,8+,9+/m0/s1. The van der Waals surface area contributed by atoms with Crippen LogP contribution in [0.25, 0.3) is 0 Å². The van der Waals surface area contributed by atoms with E-state index in [0.29, 0.717) is 24.4 Å². The van der Waals surface area contributed by atoms with Crippen LogP contribution in [0.1, 0.15) is 26.7 Å². The van der Waals surface area contributed by atoms with Gasteiger partial charge in [-0.3, -0.25) is 0 Å². The van der Waals surface area contributed by atoms with Crippen molar-refractivity contribution in [2.75, 3.05) is 6.61 Å². The minimum atomic E-state index is -0.104. The molecule has 4 atom stereocenters. The fourth-order valence-electron chi connectivity index (χ4n) is 3.45. The van der Waals surface area contributed by atoms with Crippen LogP contribution in [0.2, 0.25) is 0 Å². The van der Waals surface area contributed by atoms with Crippen molar-refractivity contribution in [2.24, 2.45) is 23.2 Å². The van der Waals surface area contributed by atoms with Crippen molar-refractivity contribution >= 4 is 0 Å². The molecule has 0 saturated heterocycles. The lowest BCUT2D eigenvalue weighted by Crippen LogP contribution is -2.39. The first-order valence-corrected chi connectivity index (χ1v) is 4.86. The predicted octanol–water partition coefficient (Wildman–Crippen LogP) is 1.02. The van der Waals surface area contributed by atoms with Crippen molar-refractivity contribution in [3.63, 3.8) is 0 Å². The SMILES string of the molecule is CC1(C)[C@H](CO)[C@@H]2C[C@@H](O)[C@H]1C2. The van der Waals surface area contributed by atoms with E-state index in [9.17, 15) is 10.2 Å². The molecule has 0 radical (unpaired) electrons. The zero-order valence-corrected chi connectivity index (χ0v) is 7.83. The van der Waals surface area contributed by atoms with Crippen molar-refractivity contribution < 1.29 is 10.2 Å². The molecule has 2 aliphatic rings. The maximum Gasteiger partial charge on any atom is 0.0576 e. The molecule has 0 spiro atoms. The van der Waals surface area contributed by atoms with Crippen molar-refractivity contribution in [3.8, 4) is 0 Å². The molecule has 0 aromatic heterocycles. The van der Waals surface area contributed by atoms with E-state index in [2.05, 4.69) is 13.8 Å². The van der Waals surface area contributed by atoms with Gasteiger partial charge < -0.3 is 10.2 Å². The van der Waals surface area contributed by atoms with Crippen LogP contribution in [0.15, 0.2) is 0 Å². The van der Waals surface area contributed by atoms with E-state index in [-0.39, 0.29) is 11.5 Å². The Morgan fingerprint density at radius 1 is 1.33 bits per heavy atom. The minimum absolute atomic E-state index is 0.104. The van der Waals surface area contributed by atoms with Crippen LogP contribution in [0.5, 0.6) is 0 Å². The molecule has 0 aliphatic heterocycles. The molecular weight excluding hydrogens is 152 g/mol. The first-order chi connectivity index (χ1) is 5.57. The summed E-state index contributed by atoms with van der Waals surface area (Å²) in [7, 11) is 0. The molecule has 2 nitrogen and oxygen atoms in total. The van der Waals surface area contributed by atoms with E-state index in [4.69, 9.17) is 0 Å². The topological polar surface area (TPSA) is 40.5 Å². The highest BCUT2D eigenvalue weighted by molar-refractivity contribution is 5.05. The highest BCUT2D eigenvalue weighted by atomic mass is 16.3. The molecule has 12 heavy (non-hydrogen) atoms. The Labute approximate surface area is 73.6 Å². The van der Waals surface area contributed by atoms with Gasteiger partial charge in [-0.05, 0) is 36.0 Å². The number of rotatable bonds is 1. The second-order valence-electron chi connectivity index (χ2n) is 5.02. The number of fused-ring (bicyclic) bond motifs is 2. The molecule has 0 aromatic rings. The average molecular weight is 170 g/mol. The van der Waals surface area contributed by atoms with Crippen molar-refractivity contribution in [2.45, 2.75) is 32.8 Å². The zero-order chi connectivity index (χ0) is 8.93. The summed E-state index contributed by atoms with van der Waals surface area (Å²) < 4.78 is 0. The molecule has 2 rings (SSSR count). The fraction of sp³-hybridized carbons (Fsp3) is 1.00. The summed E-state index contributed by atoms with van der Waals surface area (Å²) in [5.41, 5.74) is 0.150. The molecule has 0 unspecified atom stereocenters. The van der Waals surface area contributed by atoms with Crippen LogP contribution in [0.4, 0.5) is 0 Å². The third-order valence-electron chi connectivity index (χ3n) is 4.24. The van der Waals surface area contributed by atoms with Gasteiger partial charge in [-0.25, -0.2) is 0 Å². The first kappa shape index (κ1) is 8.52. The van der Waals surface area contributed by atoms with Crippen LogP contribution in [-0.4, -0.2) is 22.9 Å². The Kier molecular flexibility index (Phi) is 1.74.